The number of nitrogens with one attached hydrogen (secondary N) is 2. The minimum Gasteiger partial charge on any atom is -0.317 e. The third kappa shape index (κ3) is 7.08. The topological polar surface area (TPSA) is 61.4 Å². The first kappa shape index (κ1) is 18.9. The average molecular weight is 320 g/mol. The van der Waals surface area contributed by atoms with Crippen LogP contribution in [-0.4, -0.2) is 45.4 Å². The highest BCUT2D eigenvalue weighted by Gasteiger charge is 2.26. The lowest BCUT2D eigenvalue weighted by Gasteiger charge is -2.30. The summed E-state index contributed by atoms with van der Waals surface area (Å²) in [5.41, 5.74) is 0. The second-order valence-electron chi connectivity index (χ2n) is 6.19. The molecule has 5 nitrogen and oxygen atoms in total. The van der Waals surface area contributed by atoms with Gasteiger partial charge in [0.05, 0.1) is 0 Å². The molecule has 0 aliphatic heterocycles. The summed E-state index contributed by atoms with van der Waals surface area (Å²) in [6, 6.07) is 0.120. The van der Waals surface area contributed by atoms with Crippen LogP contribution in [0.15, 0.2) is 0 Å². The van der Waals surface area contributed by atoms with Crippen LogP contribution < -0.4 is 10.0 Å². The number of hydrogen-bond acceptors (Lipinski definition) is 3. The molecule has 0 aromatic rings. The second kappa shape index (κ2) is 9.77. The zero-order valence-corrected chi connectivity index (χ0v) is 14.7. The Bertz CT molecular complexity index is 373. The lowest BCUT2D eigenvalue weighted by atomic mass is 9.85. The van der Waals surface area contributed by atoms with E-state index in [-0.39, 0.29) is 6.04 Å². The Labute approximate surface area is 131 Å². The molecule has 2 unspecified atom stereocenters. The van der Waals surface area contributed by atoms with Gasteiger partial charge in [-0.2, -0.15) is 17.4 Å². The van der Waals surface area contributed by atoms with Gasteiger partial charge in [-0.15, -0.1) is 0 Å². The van der Waals surface area contributed by atoms with Crippen molar-refractivity contribution >= 4 is 10.2 Å². The molecule has 2 N–H and O–H groups in total. The van der Waals surface area contributed by atoms with Crippen LogP contribution in [0.25, 0.3) is 0 Å². The van der Waals surface area contributed by atoms with Crippen molar-refractivity contribution < 1.29 is 8.42 Å². The molecule has 126 valence electrons. The minimum atomic E-state index is -3.33. The molecule has 6 heteroatoms. The summed E-state index contributed by atoms with van der Waals surface area (Å²) < 4.78 is 29.0. The van der Waals surface area contributed by atoms with E-state index < -0.39 is 10.2 Å². The molecule has 0 amide bonds. The summed E-state index contributed by atoms with van der Waals surface area (Å²) in [6.45, 7) is 6.75. The maximum absolute atomic E-state index is 12.3. The Balaban J connectivity index is 2.34. The van der Waals surface area contributed by atoms with Gasteiger partial charge in [0.1, 0.15) is 0 Å². The highest BCUT2D eigenvalue weighted by Crippen LogP contribution is 2.27. The van der Waals surface area contributed by atoms with Crippen LogP contribution >= 0.6 is 0 Å². The van der Waals surface area contributed by atoms with E-state index in [0.29, 0.717) is 12.5 Å². The zero-order valence-electron chi connectivity index (χ0n) is 13.9. The van der Waals surface area contributed by atoms with Gasteiger partial charge in [0.15, 0.2) is 0 Å². The molecule has 1 fully saturated rings. The van der Waals surface area contributed by atoms with Crippen molar-refractivity contribution in [2.45, 2.75) is 64.8 Å². The average Bonchev–Trinajstić information content (AvgIpc) is 2.46. The molecule has 21 heavy (non-hydrogen) atoms. The van der Waals surface area contributed by atoms with E-state index in [0.717, 1.165) is 51.6 Å². The van der Waals surface area contributed by atoms with Gasteiger partial charge in [-0.25, -0.2) is 0 Å². The van der Waals surface area contributed by atoms with Crippen LogP contribution in [-0.2, 0) is 10.2 Å². The number of nitrogens with zero attached hydrogens (tertiary/aromatic N) is 1. The molecule has 1 aliphatic rings. The fourth-order valence-electron chi connectivity index (χ4n) is 2.92. The lowest BCUT2D eigenvalue weighted by molar-refractivity contribution is 0.296. The maximum Gasteiger partial charge on any atom is 0.279 e. The molecule has 2 atom stereocenters. The molecule has 0 aromatic carbocycles. The number of rotatable bonds is 10. The SMILES string of the molecule is CCCNCCCN(C)S(=O)(=O)NC1CCCC(CC)C1. The van der Waals surface area contributed by atoms with E-state index in [2.05, 4.69) is 23.9 Å². The molecule has 0 radical (unpaired) electrons. The summed E-state index contributed by atoms with van der Waals surface area (Å²) in [5, 5.41) is 3.29. The van der Waals surface area contributed by atoms with Gasteiger partial charge in [-0.05, 0) is 44.7 Å². The van der Waals surface area contributed by atoms with Crippen molar-refractivity contribution in [1.29, 1.82) is 0 Å². The summed E-state index contributed by atoms with van der Waals surface area (Å²) in [6.07, 6.45) is 7.44. The van der Waals surface area contributed by atoms with E-state index in [1.807, 2.05) is 0 Å². The van der Waals surface area contributed by atoms with Gasteiger partial charge in [-0.3, -0.25) is 0 Å². The minimum absolute atomic E-state index is 0.120. The first-order valence-electron chi connectivity index (χ1n) is 8.43. The van der Waals surface area contributed by atoms with E-state index >= 15 is 0 Å². The van der Waals surface area contributed by atoms with Crippen LogP contribution in [0.2, 0.25) is 0 Å². The molecule has 0 heterocycles. The summed E-state index contributed by atoms with van der Waals surface area (Å²) in [7, 11) is -1.66. The summed E-state index contributed by atoms with van der Waals surface area (Å²) >= 11 is 0. The van der Waals surface area contributed by atoms with E-state index in [1.54, 1.807) is 7.05 Å². The summed E-state index contributed by atoms with van der Waals surface area (Å²) in [5.74, 6) is 0.676. The molecule has 1 saturated carbocycles. The Kier molecular flexibility index (Phi) is 8.78. The largest absolute Gasteiger partial charge is 0.317 e. The van der Waals surface area contributed by atoms with Crippen molar-refractivity contribution in [2.75, 3.05) is 26.7 Å². The third-order valence-electron chi connectivity index (χ3n) is 4.34. The normalized spacial score (nSPS) is 23.6. The van der Waals surface area contributed by atoms with Crippen molar-refractivity contribution in [3.63, 3.8) is 0 Å². The van der Waals surface area contributed by atoms with E-state index in [1.165, 1.54) is 10.7 Å². The quantitative estimate of drug-likeness (QED) is 0.606. The fraction of sp³-hybridized carbons (Fsp3) is 1.00. The van der Waals surface area contributed by atoms with Gasteiger partial charge < -0.3 is 5.32 Å². The zero-order chi connectivity index (χ0) is 15.7. The molecular formula is C15H33N3O2S. The van der Waals surface area contributed by atoms with Crippen LogP contribution in [0, 0.1) is 5.92 Å². The first-order valence-corrected chi connectivity index (χ1v) is 9.87. The maximum atomic E-state index is 12.3. The van der Waals surface area contributed by atoms with Crippen LogP contribution in [0.4, 0.5) is 0 Å². The smallest absolute Gasteiger partial charge is 0.279 e. The molecule has 0 aromatic heterocycles. The van der Waals surface area contributed by atoms with Gasteiger partial charge in [0, 0.05) is 19.6 Å². The van der Waals surface area contributed by atoms with Crippen LogP contribution in [0.3, 0.4) is 0 Å². The van der Waals surface area contributed by atoms with E-state index in [9.17, 15) is 8.42 Å². The molecule has 0 bridgehead atoms. The van der Waals surface area contributed by atoms with E-state index in [4.69, 9.17) is 0 Å². The fourth-order valence-corrected chi connectivity index (χ4v) is 4.10. The van der Waals surface area contributed by atoms with Crippen LogP contribution in [0.1, 0.15) is 58.8 Å². The highest BCUT2D eigenvalue weighted by atomic mass is 32.2. The molecule has 1 rings (SSSR count). The standard InChI is InChI=1S/C15H33N3O2S/c1-4-10-16-11-7-12-18(3)21(19,20)17-15-9-6-8-14(5-2)13-15/h14-17H,4-13H2,1-3H3. The van der Waals surface area contributed by atoms with Crippen molar-refractivity contribution in [1.82, 2.24) is 14.3 Å². The van der Waals surface area contributed by atoms with Gasteiger partial charge in [0.25, 0.3) is 10.2 Å². The second-order valence-corrected chi connectivity index (χ2v) is 7.99. The molecular weight excluding hydrogens is 286 g/mol. The Morgan fingerprint density at radius 3 is 2.62 bits per heavy atom. The predicted molar refractivity (Wildman–Crippen MR) is 88.5 cm³/mol. The number of hydrogen-bond donors (Lipinski definition) is 2. The van der Waals surface area contributed by atoms with Gasteiger partial charge >= 0.3 is 0 Å². The summed E-state index contributed by atoms with van der Waals surface area (Å²) in [4.78, 5) is 0. The van der Waals surface area contributed by atoms with Crippen molar-refractivity contribution in [2.24, 2.45) is 5.92 Å². The first-order chi connectivity index (χ1) is 9.99. The molecule has 1 aliphatic carbocycles. The monoisotopic (exact) mass is 319 g/mol. The van der Waals surface area contributed by atoms with Crippen molar-refractivity contribution in [3.05, 3.63) is 0 Å². The Hall–Kier alpha value is -0.170. The van der Waals surface area contributed by atoms with Crippen LogP contribution in [0.5, 0.6) is 0 Å². The van der Waals surface area contributed by atoms with Gasteiger partial charge in [0.2, 0.25) is 0 Å². The lowest BCUT2D eigenvalue weighted by Crippen LogP contribution is -2.45. The van der Waals surface area contributed by atoms with Crippen molar-refractivity contribution in [3.8, 4) is 0 Å². The molecule has 0 spiro atoms. The molecule has 0 saturated heterocycles. The Morgan fingerprint density at radius 1 is 1.19 bits per heavy atom. The third-order valence-corrected chi connectivity index (χ3v) is 5.97. The highest BCUT2D eigenvalue weighted by molar-refractivity contribution is 7.87. The predicted octanol–water partition coefficient (Wildman–Crippen LogP) is 2.11. The Morgan fingerprint density at radius 2 is 1.95 bits per heavy atom. The van der Waals surface area contributed by atoms with Gasteiger partial charge in [-0.1, -0.05) is 33.1 Å².